The van der Waals surface area contributed by atoms with Crippen molar-refractivity contribution in [3.63, 3.8) is 0 Å². The summed E-state index contributed by atoms with van der Waals surface area (Å²) < 4.78 is 5.51. The number of piperidine rings is 1. The van der Waals surface area contributed by atoms with Gasteiger partial charge < -0.3 is 19.7 Å². The van der Waals surface area contributed by atoms with E-state index in [9.17, 15) is 9.90 Å². The first kappa shape index (κ1) is 18.7. The fraction of sp³-hybridized carbons (Fsp3) is 0.476. The molecular weight excluding hydrogens is 328 g/mol. The van der Waals surface area contributed by atoms with Gasteiger partial charge in [-0.1, -0.05) is 30.3 Å². The number of benzene rings is 1. The molecule has 1 aliphatic heterocycles. The molecular formula is C21H28N2O3. The molecule has 26 heavy (non-hydrogen) atoms. The van der Waals surface area contributed by atoms with Crippen LogP contribution in [0.25, 0.3) is 0 Å². The van der Waals surface area contributed by atoms with Crippen LogP contribution in [0.2, 0.25) is 0 Å². The lowest BCUT2D eigenvalue weighted by Crippen LogP contribution is -2.58. The average Bonchev–Trinajstić information content (AvgIpc) is 3.05. The second-order valence-corrected chi connectivity index (χ2v) is 7.13. The van der Waals surface area contributed by atoms with Crippen molar-refractivity contribution >= 4 is 5.91 Å². The first-order valence-corrected chi connectivity index (χ1v) is 9.38. The highest BCUT2D eigenvalue weighted by molar-refractivity contribution is 5.86. The molecule has 2 heterocycles. The van der Waals surface area contributed by atoms with Crippen molar-refractivity contribution in [1.82, 2.24) is 10.2 Å². The van der Waals surface area contributed by atoms with Crippen molar-refractivity contribution in [2.75, 3.05) is 19.6 Å². The highest BCUT2D eigenvalue weighted by Gasteiger charge is 2.41. The average molecular weight is 356 g/mol. The third-order valence-corrected chi connectivity index (χ3v) is 4.95. The number of likely N-dealkylation sites (tertiary alicyclic amines) is 1. The Labute approximate surface area is 155 Å². The molecule has 1 atom stereocenters. The molecule has 1 aromatic heterocycles. The topological polar surface area (TPSA) is 65.7 Å². The molecule has 1 fully saturated rings. The SMILES string of the molecule is Cc1ccc(CNCC2(O)CCCN(CCCc3ccccc3)C2=O)o1. The second kappa shape index (κ2) is 8.52. The number of nitrogens with zero attached hydrogens (tertiary/aromatic N) is 1. The van der Waals surface area contributed by atoms with Crippen LogP contribution in [0.15, 0.2) is 46.9 Å². The number of aryl methyl sites for hydroxylation is 2. The highest BCUT2D eigenvalue weighted by atomic mass is 16.3. The maximum absolute atomic E-state index is 12.7. The van der Waals surface area contributed by atoms with Crippen LogP contribution in [0.3, 0.4) is 0 Å². The molecule has 5 heteroatoms. The summed E-state index contributed by atoms with van der Waals surface area (Å²) in [4.78, 5) is 14.6. The number of nitrogens with one attached hydrogen (secondary N) is 1. The number of hydrogen-bond acceptors (Lipinski definition) is 4. The lowest BCUT2D eigenvalue weighted by Gasteiger charge is -2.38. The zero-order valence-corrected chi connectivity index (χ0v) is 15.4. The van der Waals surface area contributed by atoms with Gasteiger partial charge in [0.2, 0.25) is 0 Å². The lowest BCUT2D eigenvalue weighted by atomic mass is 9.91. The fourth-order valence-corrected chi connectivity index (χ4v) is 3.53. The highest BCUT2D eigenvalue weighted by Crippen LogP contribution is 2.23. The van der Waals surface area contributed by atoms with Crippen molar-refractivity contribution in [1.29, 1.82) is 0 Å². The first-order valence-electron chi connectivity index (χ1n) is 9.38. The van der Waals surface area contributed by atoms with Crippen LogP contribution in [0.5, 0.6) is 0 Å². The van der Waals surface area contributed by atoms with Gasteiger partial charge >= 0.3 is 0 Å². The molecule has 0 spiro atoms. The van der Waals surface area contributed by atoms with E-state index in [1.807, 2.05) is 42.2 Å². The lowest BCUT2D eigenvalue weighted by molar-refractivity contribution is -0.156. The second-order valence-electron chi connectivity index (χ2n) is 7.13. The standard InChI is InChI=1S/C21H28N2O3/c1-17-10-11-19(26-17)15-22-16-21(25)12-6-14-23(20(21)24)13-5-9-18-7-3-2-4-8-18/h2-4,7-8,10-11,22,25H,5-6,9,12-16H2,1H3. The Morgan fingerprint density at radius 2 is 2.04 bits per heavy atom. The van der Waals surface area contributed by atoms with Gasteiger partial charge in [0, 0.05) is 19.6 Å². The largest absolute Gasteiger partial charge is 0.465 e. The van der Waals surface area contributed by atoms with Gasteiger partial charge in [-0.05, 0) is 50.3 Å². The Morgan fingerprint density at radius 1 is 1.23 bits per heavy atom. The molecule has 2 N–H and O–H groups in total. The van der Waals surface area contributed by atoms with Gasteiger partial charge in [0.25, 0.3) is 5.91 Å². The molecule has 0 bridgehead atoms. The molecule has 140 valence electrons. The first-order chi connectivity index (χ1) is 12.6. The van der Waals surface area contributed by atoms with E-state index in [1.54, 1.807) is 0 Å². The van der Waals surface area contributed by atoms with Crippen LogP contribution in [-0.4, -0.2) is 41.1 Å². The molecule has 0 aliphatic carbocycles. The van der Waals surface area contributed by atoms with Crippen molar-refractivity contribution in [2.45, 2.75) is 44.8 Å². The third-order valence-electron chi connectivity index (χ3n) is 4.95. The molecule has 0 saturated carbocycles. The molecule has 1 amide bonds. The number of amides is 1. The van der Waals surface area contributed by atoms with Gasteiger partial charge in [-0.25, -0.2) is 0 Å². The minimum Gasteiger partial charge on any atom is -0.465 e. The van der Waals surface area contributed by atoms with Gasteiger partial charge in [-0.2, -0.15) is 0 Å². The summed E-state index contributed by atoms with van der Waals surface area (Å²) in [5.74, 6) is 1.52. The van der Waals surface area contributed by atoms with Crippen molar-refractivity contribution in [3.05, 3.63) is 59.5 Å². The van der Waals surface area contributed by atoms with Crippen LogP contribution < -0.4 is 5.32 Å². The quantitative estimate of drug-likeness (QED) is 0.763. The Kier molecular flexibility index (Phi) is 6.12. The molecule has 5 nitrogen and oxygen atoms in total. The van der Waals surface area contributed by atoms with Crippen molar-refractivity contribution in [2.24, 2.45) is 0 Å². The third kappa shape index (κ3) is 4.74. The fourth-order valence-electron chi connectivity index (χ4n) is 3.53. The molecule has 1 aliphatic rings. The van der Waals surface area contributed by atoms with Crippen molar-refractivity contribution in [3.8, 4) is 0 Å². The Hall–Kier alpha value is -2.11. The van der Waals surface area contributed by atoms with E-state index >= 15 is 0 Å². The summed E-state index contributed by atoms with van der Waals surface area (Å²) in [6, 6.07) is 14.1. The zero-order chi connectivity index (χ0) is 18.4. The van der Waals surface area contributed by atoms with Crippen LogP contribution in [0.1, 0.15) is 36.3 Å². The van der Waals surface area contributed by atoms with Gasteiger partial charge in [-0.3, -0.25) is 4.79 Å². The van der Waals surface area contributed by atoms with Crippen LogP contribution in [0.4, 0.5) is 0 Å². The minimum absolute atomic E-state index is 0.153. The monoisotopic (exact) mass is 356 g/mol. The molecule has 1 unspecified atom stereocenters. The van der Waals surface area contributed by atoms with Gasteiger partial charge in [0.05, 0.1) is 6.54 Å². The summed E-state index contributed by atoms with van der Waals surface area (Å²) in [6.45, 7) is 4.08. The van der Waals surface area contributed by atoms with Crippen LogP contribution >= 0.6 is 0 Å². The summed E-state index contributed by atoms with van der Waals surface area (Å²) in [7, 11) is 0. The number of hydrogen-bond donors (Lipinski definition) is 2. The smallest absolute Gasteiger partial charge is 0.255 e. The van der Waals surface area contributed by atoms with Crippen LogP contribution in [0, 0.1) is 6.92 Å². The number of carbonyl (C=O) groups is 1. The van der Waals surface area contributed by atoms with E-state index in [0.29, 0.717) is 19.5 Å². The Bertz CT molecular complexity index is 713. The molecule has 1 aromatic carbocycles. The summed E-state index contributed by atoms with van der Waals surface area (Å²) >= 11 is 0. The van der Waals surface area contributed by atoms with E-state index in [4.69, 9.17) is 4.42 Å². The summed E-state index contributed by atoms with van der Waals surface area (Å²) in [5, 5.41) is 14.0. The number of rotatable bonds is 8. The molecule has 2 aromatic rings. The molecule has 1 saturated heterocycles. The maximum Gasteiger partial charge on any atom is 0.255 e. The van der Waals surface area contributed by atoms with E-state index in [2.05, 4.69) is 17.4 Å². The zero-order valence-electron chi connectivity index (χ0n) is 15.4. The van der Waals surface area contributed by atoms with Gasteiger partial charge in [0.1, 0.15) is 11.5 Å². The van der Waals surface area contributed by atoms with E-state index < -0.39 is 5.60 Å². The summed E-state index contributed by atoms with van der Waals surface area (Å²) in [5.41, 5.74) is -0.0327. The van der Waals surface area contributed by atoms with Crippen LogP contribution in [-0.2, 0) is 17.8 Å². The number of carbonyl (C=O) groups excluding carboxylic acids is 1. The predicted molar refractivity (Wildman–Crippen MR) is 101 cm³/mol. The van der Waals surface area contributed by atoms with E-state index in [0.717, 1.165) is 37.3 Å². The normalized spacial score (nSPS) is 20.5. The number of aliphatic hydroxyl groups is 1. The Balaban J connectivity index is 1.47. The van der Waals surface area contributed by atoms with Gasteiger partial charge in [-0.15, -0.1) is 0 Å². The van der Waals surface area contributed by atoms with Crippen molar-refractivity contribution < 1.29 is 14.3 Å². The molecule has 3 rings (SSSR count). The van der Waals surface area contributed by atoms with Gasteiger partial charge in [0.15, 0.2) is 5.60 Å². The Morgan fingerprint density at radius 3 is 2.77 bits per heavy atom. The van der Waals surface area contributed by atoms with E-state index in [1.165, 1.54) is 5.56 Å². The minimum atomic E-state index is -1.31. The predicted octanol–water partition coefficient (Wildman–Crippen LogP) is 2.66. The maximum atomic E-state index is 12.7. The van der Waals surface area contributed by atoms with E-state index in [-0.39, 0.29) is 12.5 Å². The summed E-state index contributed by atoms with van der Waals surface area (Å²) in [6.07, 6.45) is 3.18. The molecule has 0 radical (unpaired) electrons. The number of furan rings is 1.